The molecule has 0 heterocycles. The fraction of sp³-hybridized carbons (Fsp3) is 0.579. The Hall–Kier alpha value is -1.55. The number of halogens is 1. The Bertz CT molecular complexity index is 558. The third-order valence-electron chi connectivity index (χ3n) is 3.93. The Morgan fingerprint density at radius 1 is 1.21 bits per heavy atom. The smallest absolute Gasteiger partial charge is 0.251 e. The molecule has 4 nitrogen and oxygen atoms in total. The standard InChI is InChI=1S/C19H29ClN2O2/c1-5-7-8-14(6-2)19(24)22-17-11-15(9-10-16(17)20)18(23)21-12-13(3)4/h9-11,13-14H,5-8,12H2,1-4H3,(H,21,23)(H,22,24)/t14-/m1/s1. The van der Waals surface area contributed by atoms with Crippen molar-refractivity contribution in [1.29, 1.82) is 0 Å². The average molecular weight is 353 g/mol. The largest absolute Gasteiger partial charge is 0.352 e. The van der Waals surface area contributed by atoms with Crippen LogP contribution in [-0.2, 0) is 4.79 Å². The number of unbranched alkanes of at least 4 members (excludes halogenated alkanes) is 1. The molecular formula is C19H29ClN2O2. The van der Waals surface area contributed by atoms with Gasteiger partial charge in [0.05, 0.1) is 10.7 Å². The maximum Gasteiger partial charge on any atom is 0.251 e. The highest BCUT2D eigenvalue weighted by atomic mass is 35.5. The molecule has 134 valence electrons. The molecule has 1 aromatic rings. The van der Waals surface area contributed by atoms with Crippen LogP contribution in [-0.4, -0.2) is 18.4 Å². The number of rotatable bonds is 9. The fourth-order valence-corrected chi connectivity index (χ4v) is 2.53. The molecule has 0 aliphatic rings. The van der Waals surface area contributed by atoms with Gasteiger partial charge in [0.15, 0.2) is 0 Å². The normalized spacial score (nSPS) is 12.1. The molecule has 0 bridgehead atoms. The number of anilines is 1. The van der Waals surface area contributed by atoms with Gasteiger partial charge in [0.25, 0.3) is 5.91 Å². The molecule has 1 aromatic carbocycles. The lowest BCUT2D eigenvalue weighted by atomic mass is 9.98. The van der Waals surface area contributed by atoms with Gasteiger partial charge in [-0.2, -0.15) is 0 Å². The minimum Gasteiger partial charge on any atom is -0.352 e. The van der Waals surface area contributed by atoms with Crippen molar-refractivity contribution in [2.24, 2.45) is 11.8 Å². The Morgan fingerprint density at radius 3 is 2.50 bits per heavy atom. The molecule has 2 N–H and O–H groups in total. The van der Waals surface area contributed by atoms with Crippen LogP contribution >= 0.6 is 11.6 Å². The van der Waals surface area contributed by atoms with Crippen molar-refractivity contribution in [1.82, 2.24) is 5.32 Å². The van der Waals surface area contributed by atoms with Gasteiger partial charge in [0.1, 0.15) is 0 Å². The van der Waals surface area contributed by atoms with Crippen molar-refractivity contribution in [3.8, 4) is 0 Å². The number of benzene rings is 1. The first kappa shape index (κ1) is 20.5. The zero-order valence-electron chi connectivity index (χ0n) is 15.1. The van der Waals surface area contributed by atoms with E-state index in [1.807, 2.05) is 20.8 Å². The Balaban J connectivity index is 2.82. The summed E-state index contributed by atoms with van der Waals surface area (Å²) in [6.07, 6.45) is 3.75. The second-order valence-corrected chi connectivity index (χ2v) is 6.94. The second-order valence-electron chi connectivity index (χ2n) is 6.54. The highest BCUT2D eigenvalue weighted by molar-refractivity contribution is 6.33. The topological polar surface area (TPSA) is 58.2 Å². The van der Waals surface area contributed by atoms with Crippen LogP contribution in [0.25, 0.3) is 0 Å². The van der Waals surface area contributed by atoms with E-state index in [0.717, 1.165) is 25.7 Å². The third kappa shape index (κ3) is 6.52. The summed E-state index contributed by atoms with van der Waals surface area (Å²) >= 11 is 6.18. The lowest BCUT2D eigenvalue weighted by Gasteiger charge is -2.16. The molecule has 0 unspecified atom stereocenters. The molecule has 0 radical (unpaired) electrons. The summed E-state index contributed by atoms with van der Waals surface area (Å²) in [5, 5.41) is 6.18. The summed E-state index contributed by atoms with van der Waals surface area (Å²) in [7, 11) is 0. The molecule has 1 rings (SSSR count). The van der Waals surface area contributed by atoms with Gasteiger partial charge in [-0.15, -0.1) is 0 Å². The van der Waals surface area contributed by atoms with E-state index in [-0.39, 0.29) is 17.7 Å². The predicted molar refractivity (Wildman–Crippen MR) is 101 cm³/mol. The molecule has 0 saturated heterocycles. The van der Waals surface area contributed by atoms with Crippen LogP contribution in [0.4, 0.5) is 5.69 Å². The number of carbonyl (C=O) groups is 2. The number of amides is 2. The molecular weight excluding hydrogens is 324 g/mol. The van der Waals surface area contributed by atoms with Gasteiger partial charge in [-0.05, 0) is 37.0 Å². The van der Waals surface area contributed by atoms with E-state index in [2.05, 4.69) is 17.6 Å². The van der Waals surface area contributed by atoms with Crippen LogP contribution in [0.5, 0.6) is 0 Å². The highest BCUT2D eigenvalue weighted by Gasteiger charge is 2.18. The molecule has 0 saturated carbocycles. The van der Waals surface area contributed by atoms with Gasteiger partial charge >= 0.3 is 0 Å². The first-order chi connectivity index (χ1) is 11.4. The summed E-state index contributed by atoms with van der Waals surface area (Å²) in [4.78, 5) is 24.6. The molecule has 0 aliphatic carbocycles. The summed E-state index contributed by atoms with van der Waals surface area (Å²) in [5.74, 6) is 0.158. The van der Waals surface area contributed by atoms with Crippen molar-refractivity contribution >= 4 is 29.1 Å². The van der Waals surface area contributed by atoms with Crippen molar-refractivity contribution < 1.29 is 9.59 Å². The molecule has 0 fully saturated rings. The van der Waals surface area contributed by atoms with E-state index in [1.165, 1.54) is 0 Å². The lowest BCUT2D eigenvalue weighted by Crippen LogP contribution is -2.27. The summed E-state index contributed by atoms with van der Waals surface area (Å²) in [5.41, 5.74) is 0.991. The fourth-order valence-electron chi connectivity index (χ4n) is 2.37. The van der Waals surface area contributed by atoms with Gasteiger partial charge in [-0.25, -0.2) is 0 Å². The van der Waals surface area contributed by atoms with Crippen molar-refractivity contribution in [3.63, 3.8) is 0 Å². The molecule has 0 aliphatic heterocycles. The molecule has 0 spiro atoms. The first-order valence-electron chi connectivity index (χ1n) is 8.77. The van der Waals surface area contributed by atoms with E-state index in [0.29, 0.717) is 28.7 Å². The van der Waals surface area contributed by atoms with Crippen LogP contribution in [0, 0.1) is 11.8 Å². The number of carbonyl (C=O) groups excluding carboxylic acids is 2. The molecule has 24 heavy (non-hydrogen) atoms. The van der Waals surface area contributed by atoms with E-state index in [4.69, 9.17) is 11.6 Å². The minimum atomic E-state index is -0.158. The highest BCUT2D eigenvalue weighted by Crippen LogP contribution is 2.25. The summed E-state index contributed by atoms with van der Waals surface area (Å²) in [6, 6.07) is 4.96. The van der Waals surface area contributed by atoms with Gasteiger partial charge in [0, 0.05) is 18.0 Å². The summed E-state index contributed by atoms with van der Waals surface area (Å²) < 4.78 is 0. The van der Waals surface area contributed by atoms with Crippen molar-refractivity contribution in [2.75, 3.05) is 11.9 Å². The lowest BCUT2D eigenvalue weighted by molar-refractivity contribution is -0.120. The Labute approximate surface area is 150 Å². The Kier molecular flexibility index (Phi) is 8.83. The van der Waals surface area contributed by atoms with Crippen LogP contribution in [0.2, 0.25) is 5.02 Å². The molecule has 1 atom stereocenters. The van der Waals surface area contributed by atoms with Gasteiger partial charge in [0.2, 0.25) is 5.91 Å². The average Bonchev–Trinajstić information content (AvgIpc) is 2.55. The van der Waals surface area contributed by atoms with Crippen LogP contribution in [0.3, 0.4) is 0 Å². The zero-order valence-corrected chi connectivity index (χ0v) is 15.9. The van der Waals surface area contributed by atoms with E-state index in [1.54, 1.807) is 18.2 Å². The molecule has 2 amide bonds. The summed E-state index contributed by atoms with van der Waals surface area (Å²) in [6.45, 7) is 8.81. The van der Waals surface area contributed by atoms with Crippen LogP contribution < -0.4 is 10.6 Å². The van der Waals surface area contributed by atoms with E-state index in [9.17, 15) is 9.59 Å². The monoisotopic (exact) mass is 352 g/mol. The molecule has 0 aromatic heterocycles. The van der Waals surface area contributed by atoms with Gasteiger partial charge < -0.3 is 10.6 Å². The first-order valence-corrected chi connectivity index (χ1v) is 9.15. The van der Waals surface area contributed by atoms with Crippen LogP contribution in [0.15, 0.2) is 18.2 Å². The number of hydrogen-bond acceptors (Lipinski definition) is 2. The third-order valence-corrected chi connectivity index (χ3v) is 4.26. The van der Waals surface area contributed by atoms with Crippen molar-refractivity contribution in [3.05, 3.63) is 28.8 Å². The maximum absolute atomic E-state index is 12.4. The minimum absolute atomic E-state index is 0.0283. The van der Waals surface area contributed by atoms with Crippen LogP contribution in [0.1, 0.15) is 63.7 Å². The maximum atomic E-state index is 12.4. The van der Waals surface area contributed by atoms with Gasteiger partial charge in [-0.3, -0.25) is 9.59 Å². The van der Waals surface area contributed by atoms with Gasteiger partial charge in [-0.1, -0.05) is 52.1 Å². The van der Waals surface area contributed by atoms with E-state index < -0.39 is 0 Å². The quantitative estimate of drug-likeness (QED) is 0.665. The molecule has 5 heteroatoms. The SMILES string of the molecule is CCCC[C@@H](CC)C(=O)Nc1cc(C(=O)NCC(C)C)ccc1Cl. The predicted octanol–water partition coefficient (Wildman–Crippen LogP) is 4.88. The number of nitrogens with one attached hydrogen (secondary N) is 2. The number of hydrogen-bond donors (Lipinski definition) is 2. The zero-order chi connectivity index (χ0) is 18.1. The van der Waals surface area contributed by atoms with E-state index >= 15 is 0 Å². The Morgan fingerprint density at radius 2 is 1.92 bits per heavy atom. The second kappa shape index (κ2) is 10.3. The van der Waals surface area contributed by atoms with Crippen molar-refractivity contribution in [2.45, 2.75) is 53.4 Å².